The van der Waals surface area contributed by atoms with Gasteiger partial charge in [-0.3, -0.25) is 19.3 Å². The highest BCUT2D eigenvalue weighted by atomic mass is 35.5. The molecular formula is C34H40ClN6O9S2+. The van der Waals surface area contributed by atoms with Crippen LogP contribution in [0.25, 0.3) is 0 Å². The van der Waals surface area contributed by atoms with Gasteiger partial charge in [0.1, 0.15) is 23.7 Å². The van der Waals surface area contributed by atoms with Crippen molar-refractivity contribution in [3.05, 3.63) is 50.6 Å². The monoisotopic (exact) mass is 775 g/mol. The Balaban J connectivity index is 1.11. The largest absolute Gasteiger partial charge is 0.506 e. The molecule has 278 valence electrons. The van der Waals surface area contributed by atoms with E-state index >= 15 is 0 Å². The van der Waals surface area contributed by atoms with Crippen molar-refractivity contribution in [3.63, 3.8) is 0 Å². The molecule has 0 radical (unpaired) electrons. The van der Waals surface area contributed by atoms with Crippen LogP contribution in [0.15, 0.2) is 33.9 Å². The minimum Gasteiger partial charge on any atom is -0.506 e. The lowest BCUT2D eigenvalue weighted by Crippen LogP contribution is -2.66. The fraction of sp³-hybridized carbons (Fsp3) is 0.500. The number of hydrogen-bond acceptors (Lipinski definition) is 12. The quantitative estimate of drug-likeness (QED) is 0.0857. The van der Waals surface area contributed by atoms with Gasteiger partial charge >= 0.3 is 11.9 Å². The number of hydrogen-bond donors (Lipinski definition) is 5. The molecule has 1 aromatic heterocycles. The maximum absolute atomic E-state index is 13.6. The van der Waals surface area contributed by atoms with E-state index in [2.05, 4.69) is 15.5 Å². The van der Waals surface area contributed by atoms with Gasteiger partial charge in [-0.25, -0.2) is 14.6 Å². The number of β-lactam (4-membered cyclic amide) rings is 1. The summed E-state index contributed by atoms with van der Waals surface area (Å²) in [6, 6.07) is 3.25. The summed E-state index contributed by atoms with van der Waals surface area (Å²) < 4.78 is 0.692. The molecule has 1 aromatic carbocycles. The molecular weight excluding hydrogens is 736 g/mol. The van der Waals surface area contributed by atoms with E-state index in [4.69, 9.17) is 22.2 Å². The summed E-state index contributed by atoms with van der Waals surface area (Å²) >= 11 is 8.70. The average molecular weight is 776 g/mol. The van der Waals surface area contributed by atoms with E-state index in [9.17, 15) is 39.3 Å². The second-order valence-electron chi connectivity index (χ2n) is 14.5. The number of carbonyl (C=O) groups excluding carboxylic acids is 3. The lowest BCUT2D eigenvalue weighted by atomic mass is 9.70. The number of oxime groups is 1. The number of quaternary nitrogens is 1. The van der Waals surface area contributed by atoms with Crippen molar-refractivity contribution in [1.82, 2.24) is 15.2 Å². The molecule has 5 aliphatic rings. The summed E-state index contributed by atoms with van der Waals surface area (Å²) in [7, 11) is 0. The van der Waals surface area contributed by atoms with Gasteiger partial charge in [0, 0.05) is 54.3 Å². The first-order valence-corrected chi connectivity index (χ1v) is 19.0. The van der Waals surface area contributed by atoms with Crippen LogP contribution in [-0.4, -0.2) is 114 Å². The summed E-state index contributed by atoms with van der Waals surface area (Å²) in [5.41, 5.74) is 5.16. The summed E-state index contributed by atoms with van der Waals surface area (Å²) in [6.07, 6.45) is 2.19. The maximum atomic E-state index is 13.6. The van der Waals surface area contributed by atoms with Gasteiger partial charge in [0.05, 0.1) is 41.5 Å². The summed E-state index contributed by atoms with van der Waals surface area (Å²) in [5, 5.41) is 37.9. The number of nitrogen functional groups attached to an aromatic ring is 1. The number of carbonyl (C=O) groups is 5. The van der Waals surface area contributed by atoms with Crippen LogP contribution < -0.4 is 11.1 Å². The van der Waals surface area contributed by atoms with Gasteiger partial charge in [-0.15, -0.1) is 23.1 Å². The molecule has 2 atom stereocenters. The SMILES string of the molecule is Cc1ccc(C(=O)NCC23CC[N+](CC4=C(C(=O)O)N5C(=O)[C@@H](CC(=O)/C(=N\OC(C)(C)C(=O)O)c6csc(N)n6)[C@H]5SC4)(CC2)CC3)c(Cl)c1O. The second-order valence-corrected chi connectivity index (χ2v) is 16.9. The lowest BCUT2D eigenvalue weighted by molar-refractivity contribution is -0.941. The van der Waals surface area contributed by atoms with E-state index in [1.165, 1.54) is 35.9 Å². The molecule has 0 aliphatic carbocycles. The number of aliphatic carboxylic acids is 2. The van der Waals surface area contributed by atoms with E-state index in [1.807, 2.05) is 0 Å². The lowest BCUT2D eigenvalue weighted by Gasteiger charge is -2.56. The number of piperidine rings is 3. The van der Waals surface area contributed by atoms with E-state index < -0.39 is 40.5 Å². The number of aromatic hydroxyl groups is 1. The number of amides is 2. The fourth-order valence-corrected chi connectivity index (χ4v) is 9.56. The smallest absolute Gasteiger partial charge is 0.352 e. The number of halogens is 1. The van der Waals surface area contributed by atoms with Crippen LogP contribution in [0.3, 0.4) is 0 Å². The number of fused-ring (bicyclic) bond motifs is 4. The van der Waals surface area contributed by atoms with Crippen molar-refractivity contribution in [2.24, 2.45) is 16.5 Å². The number of Topliss-reactive ketones (excluding diaryl/α,β-unsaturated/α-hetero) is 1. The van der Waals surface area contributed by atoms with Gasteiger partial charge in [-0.1, -0.05) is 22.8 Å². The summed E-state index contributed by atoms with van der Waals surface area (Å²) in [6.45, 7) is 7.57. The van der Waals surface area contributed by atoms with Gasteiger partial charge in [0.2, 0.25) is 11.5 Å². The number of nitrogens with one attached hydrogen (secondary N) is 1. The predicted octanol–water partition coefficient (Wildman–Crippen LogP) is 3.24. The van der Waals surface area contributed by atoms with Crippen LogP contribution in [0.4, 0.5) is 5.13 Å². The Kier molecular flexibility index (Phi) is 10.1. The molecule has 2 bridgehead atoms. The molecule has 0 saturated carbocycles. The Labute approximate surface area is 312 Å². The molecule has 15 nitrogen and oxygen atoms in total. The highest BCUT2D eigenvalue weighted by Crippen LogP contribution is 2.48. The Hall–Kier alpha value is -4.19. The fourth-order valence-electron chi connectivity index (χ4n) is 7.31. The number of anilines is 1. The van der Waals surface area contributed by atoms with Crippen molar-refractivity contribution in [3.8, 4) is 5.75 Å². The Morgan fingerprint density at radius 2 is 1.87 bits per heavy atom. The number of phenolic OH excluding ortho intramolecular Hbond substituents is 1. The molecule has 52 heavy (non-hydrogen) atoms. The van der Waals surface area contributed by atoms with Crippen LogP contribution in [0.5, 0.6) is 5.75 Å². The molecule has 5 aliphatic heterocycles. The molecule has 4 fully saturated rings. The van der Waals surface area contributed by atoms with Gasteiger partial charge < -0.3 is 35.7 Å². The van der Waals surface area contributed by atoms with Gasteiger partial charge in [-0.05, 0) is 32.4 Å². The number of phenols is 1. The number of aromatic nitrogens is 1. The molecule has 0 unspecified atom stereocenters. The molecule has 0 spiro atoms. The number of thioether (sulfide) groups is 1. The standard InChI is InChI=1S/C34H39ClN6O9S2/c1-17-4-5-19(23(35)26(17)43)27(44)37-16-34-6-9-41(10-7-34,11-8-34)13-18-14-51-29-20(28(45)40(29)25(18)30(46)47)12-22(42)24(21-15-52-32(36)38-21)39-50-33(2,3)31(48)49/h4-5,15,20,29H,6-14,16H2,1-3H3,(H5-,36,37,38,43,44,46,47,48,49)/p+1/b39-24-/t20-,29-,34?,41?/m1/s1. The van der Waals surface area contributed by atoms with Crippen LogP contribution in [0.2, 0.25) is 5.02 Å². The molecule has 2 aromatic rings. The van der Waals surface area contributed by atoms with E-state index in [0.29, 0.717) is 34.5 Å². The first-order valence-electron chi connectivity index (χ1n) is 16.7. The number of aryl methyl sites for hydroxylation is 1. The molecule has 4 saturated heterocycles. The summed E-state index contributed by atoms with van der Waals surface area (Å²) in [5.74, 6) is -4.51. The highest BCUT2D eigenvalue weighted by Gasteiger charge is 2.56. The van der Waals surface area contributed by atoms with Crippen molar-refractivity contribution in [2.75, 3.05) is 44.2 Å². The molecule has 6 N–H and O–H groups in total. The number of rotatable bonds is 13. The number of nitrogens with zero attached hydrogens (tertiary/aromatic N) is 4. The number of ketones is 1. The van der Waals surface area contributed by atoms with Crippen LogP contribution in [0.1, 0.15) is 61.1 Å². The predicted molar refractivity (Wildman–Crippen MR) is 193 cm³/mol. The van der Waals surface area contributed by atoms with Crippen molar-refractivity contribution < 1.29 is 48.6 Å². The molecule has 18 heteroatoms. The first kappa shape index (κ1) is 37.6. The second kappa shape index (κ2) is 14.0. The topological polar surface area (TPSA) is 222 Å². The van der Waals surface area contributed by atoms with Crippen LogP contribution in [0, 0.1) is 18.3 Å². The normalized spacial score (nSPS) is 25.7. The molecule has 7 rings (SSSR count). The first-order chi connectivity index (χ1) is 24.5. The third-order valence-corrected chi connectivity index (χ3v) is 13.2. The van der Waals surface area contributed by atoms with Gasteiger partial charge in [0.15, 0.2) is 16.6 Å². The minimum atomic E-state index is -1.75. The zero-order valence-electron chi connectivity index (χ0n) is 28.8. The molecule has 6 heterocycles. The highest BCUT2D eigenvalue weighted by molar-refractivity contribution is 8.00. The number of thiazole rings is 1. The Morgan fingerprint density at radius 3 is 2.46 bits per heavy atom. The van der Waals surface area contributed by atoms with Gasteiger partial charge in [0.25, 0.3) is 5.91 Å². The Bertz CT molecular complexity index is 1900. The molecule has 2 amide bonds. The third-order valence-electron chi connectivity index (χ3n) is 10.7. The van der Waals surface area contributed by atoms with Gasteiger partial charge in [-0.2, -0.15) is 0 Å². The zero-order chi connectivity index (χ0) is 37.7. The zero-order valence-corrected chi connectivity index (χ0v) is 31.2. The van der Waals surface area contributed by atoms with Crippen LogP contribution >= 0.6 is 34.7 Å². The van der Waals surface area contributed by atoms with E-state index in [-0.39, 0.29) is 56.3 Å². The minimum absolute atomic E-state index is 0.0261. The van der Waals surface area contributed by atoms with E-state index in [1.54, 1.807) is 19.1 Å². The third kappa shape index (κ3) is 6.98. The number of nitrogens with two attached hydrogens (primary N) is 1. The maximum Gasteiger partial charge on any atom is 0.352 e. The van der Waals surface area contributed by atoms with Crippen LogP contribution in [-0.2, 0) is 24.0 Å². The van der Waals surface area contributed by atoms with E-state index in [0.717, 1.165) is 50.2 Å². The number of carboxylic acids is 2. The van der Waals surface area contributed by atoms with Crippen molar-refractivity contribution >= 4 is 75.1 Å². The number of benzene rings is 1. The number of carboxylic acid groups (broad SMARTS) is 2. The average Bonchev–Trinajstić information content (AvgIpc) is 3.54. The van der Waals surface area contributed by atoms with Crippen molar-refractivity contribution in [1.29, 1.82) is 0 Å². The Morgan fingerprint density at radius 1 is 1.19 bits per heavy atom. The summed E-state index contributed by atoms with van der Waals surface area (Å²) in [4.78, 5) is 74.8. The van der Waals surface area contributed by atoms with Crippen molar-refractivity contribution in [2.45, 2.75) is 57.4 Å².